The molecule has 4 nitrogen and oxygen atoms in total. The number of rotatable bonds is 1. The highest BCUT2D eigenvalue weighted by Gasteiger charge is 2.31. The van der Waals surface area contributed by atoms with Crippen molar-refractivity contribution in [3.8, 4) is 0 Å². The Labute approximate surface area is 125 Å². The highest BCUT2D eigenvalue weighted by Crippen LogP contribution is 2.28. The van der Waals surface area contributed by atoms with Crippen molar-refractivity contribution in [1.82, 2.24) is 10.2 Å². The zero-order chi connectivity index (χ0) is 14.2. The molecule has 3 aliphatic rings. The molecule has 1 aromatic rings. The second-order valence-electron chi connectivity index (χ2n) is 6.52. The number of carbonyl (C=O) groups is 1. The summed E-state index contributed by atoms with van der Waals surface area (Å²) in [4.78, 5) is 14.8. The molecule has 0 bridgehead atoms. The first-order chi connectivity index (χ1) is 10.3. The molecule has 2 saturated heterocycles. The third kappa shape index (κ3) is 2.47. The Bertz CT molecular complexity index is 544. The SMILES string of the molecule is O=C(c1ccc2c(c1)COC2)N1CC[C@@H]2CNC[C@@H]2CC1. The summed E-state index contributed by atoms with van der Waals surface area (Å²) in [6.45, 7) is 5.38. The van der Waals surface area contributed by atoms with Crippen LogP contribution in [0.2, 0.25) is 0 Å². The van der Waals surface area contributed by atoms with E-state index in [0.717, 1.165) is 56.4 Å². The van der Waals surface area contributed by atoms with Gasteiger partial charge in [-0.05, 0) is 61.0 Å². The van der Waals surface area contributed by atoms with E-state index in [1.807, 2.05) is 18.2 Å². The number of hydrogen-bond acceptors (Lipinski definition) is 3. The second-order valence-corrected chi connectivity index (χ2v) is 6.52. The summed E-state index contributed by atoms with van der Waals surface area (Å²) in [5, 5.41) is 3.48. The van der Waals surface area contributed by atoms with Gasteiger partial charge in [0.15, 0.2) is 0 Å². The lowest BCUT2D eigenvalue weighted by Gasteiger charge is -2.21. The number of carbonyl (C=O) groups excluding carboxylic acids is 1. The van der Waals surface area contributed by atoms with Crippen LogP contribution in [0.3, 0.4) is 0 Å². The van der Waals surface area contributed by atoms with Gasteiger partial charge < -0.3 is 15.0 Å². The Morgan fingerprint density at radius 2 is 1.81 bits per heavy atom. The molecule has 1 aromatic carbocycles. The van der Waals surface area contributed by atoms with Crippen LogP contribution in [0.5, 0.6) is 0 Å². The lowest BCUT2D eigenvalue weighted by atomic mass is 9.92. The van der Waals surface area contributed by atoms with E-state index in [4.69, 9.17) is 4.74 Å². The van der Waals surface area contributed by atoms with Crippen LogP contribution in [-0.4, -0.2) is 37.0 Å². The van der Waals surface area contributed by atoms with Gasteiger partial charge in [-0.15, -0.1) is 0 Å². The minimum atomic E-state index is 0.192. The Morgan fingerprint density at radius 3 is 2.57 bits per heavy atom. The molecular weight excluding hydrogens is 264 g/mol. The molecular formula is C17H22N2O2. The van der Waals surface area contributed by atoms with Crippen LogP contribution in [0, 0.1) is 11.8 Å². The molecule has 3 heterocycles. The highest BCUT2D eigenvalue weighted by molar-refractivity contribution is 5.94. The maximum Gasteiger partial charge on any atom is 0.253 e. The highest BCUT2D eigenvalue weighted by atomic mass is 16.5. The Hall–Kier alpha value is -1.39. The van der Waals surface area contributed by atoms with Gasteiger partial charge >= 0.3 is 0 Å². The minimum absolute atomic E-state index is 0.192. The van der Waals surface area contributed by atoms with Crippen molar-refractivity contribution in [2.24, 2.45) is 11.8 Å². The summed E-state index contributed by atoms with van der Waals surface area (Å²) in [5.74, 6) is 1.71. The topological polar surface area (TPSA) is 41.6 Å². The van der Waals surface area contributed by atoms with Gasteiger partial charge in [-0.1, -0.05) is 6.07 Å². The average Bonchev–Trinajstić information content (AvgIpc) is 3.11. The van der Waals surface area contributed by atoms with Crippen LogP contribution in [0.15, 0.2) is 18.2 Å². The first-order valence-corrected chi connectivity index (χ1v) is 8.01. The van der Waals surface area contributed by atoms with Crippen LogP contribution in [0.25, 0.3) is 0 Å². The van der Waals surface area contributed by atoms with E-state index in [1.54, 1.807) is 0 Å². The number of ether oxygens (including phenoxy) is 1. The maximum atomic E-state index is 12.7. The van der Waals surface area contributed by atoms with Gasteiger partial charge in [0.25, 0.3) is 5.91 Å². The molecule has 2 fully saturated rings. The summed E-state index contributed by atoms with van der Waals surface area (Å²) in [5.41, 5.74) is 3.23. The van der Waals surface area contributed by atoms with Crippen molar-refractivity contribution in [3.05, 3.63) is 34.9 Å². The van der Waals surface area contributed by atoms with Crippen molar-refractivity contribution in [2.75, 3.05) is 26.2 Å². The van der Waals surface area contributed by atoms with Crippen LogP contribution in [-0.2, 0) is 18.0 Å². The summed E-state index contributed by atoms with van der Waals surface area (Å²) in [6, 6.07) is 6.03. The predicted octanol–water partition coefficient (Wildman–Crippen LogP) is 1.79. The van der Waals surface area contributed by atoms with Gasteiger partial charge in [-0.2, -0.15) is 0 Å². The Balaban J connectivity index is 1.49. The molecule has 1 N–H and O–H groups in total. The molecule has 21 heavy (non-hydrogen) atoms. The fraction of sp³-hybridized carbons (Fsp3) is 0.588. The van der Waals surface area contributed by atoms with Gasteiger partial charge in [0, 0.05) is 18.7 Å². The lowest BCUT2D eigenvalue weighted by molar-refractivity contribution is 0.0758. The van der Waals surface area contributed by atoms with Crippen LogP contribution in [0.4, 0.5) is 0 Å². The van der Waals surface area contributed by atoms with Gasteiger partial charge in [-0.25, -0.2) is 0 Å². The van der Waals surface area contributed by atoms with Crippen molar-refractivity contribution < 1.29 is 9.53 Å². The number of fused-ring (bicyclic) bond motifs is 2. The molecule has 0 radical (unpaired) electrons. The van der Waals surface area contributed by atoms with E-state index in [1.165, 1.54) is 11.1 Å². The minimum Gasteiger partial charge on any atom is -0.372 e. The number of likely N-dealkylation sites (tertiary alicyclic amines) is 1. The molecule has 4 rings (SSSR count). The zero-order valence-corrected chi connectivity index (χ0v) is 12.3. The standard InChI is InChI=1S/C17H22N2O2/c20-17(12-1-2-15-10-21-11-16(15)7-12)19-5-3-13-8-18-9-14(13)4-6-19/h1-2,7,13-14,18H,3-6,8-11H2/t13-,14+. The number of hydrogen-bond donors (Lipinski definition) is 1. The van der Waals surface area contributed by atoms with Crippen molar-refractivity contribution in [2.45, 2.75) is 26.1 Å². The van der Waals surface area contributed by atoms with Gasteiger partial charge in [0.2, 0.25) is 0 Å². The summed E-state index contributed by atoms with van der Waals surface area (Å²) < 4.78 is 5.43. The lowest BCUT2D eigenvalue weighted by Crippen LogP contribution is -2.32. The quantitative estimate of drug-likeness (QED) is 0.856. The molecule has 4 heteroatoms. The van der Waals surface area contributed by atoms with E-state index in [0.29, 0.717) is 13.2 Å². The largest absolute Gasteiger partial charge is 0.372 e. The van der Waals surface area contributed by atoms with Crippen molar-refractivity contribution in [1.29, 1.82) is 0 Å². The van der Waals surface area contributed by atoms with E-state index in [-0.39, 0.29) is 5.91 Å². The van der Waals surface area contributed by atoms with Crippen LogP contribution >= 0.6 is 0 Å². The third-order valence-corrected chi connectivity index (χ3v) is 5.27. The monoisotopic (exact) mass is 286 g/mol. The predicted molar refractivity (Wildman–Crippen MR) is 79.9 cm³/mol. The summed E-state index contributed by atoms with van der Waals surface area (Å²) in [6.07, 6.45) is 2.27. The number of nitrogens with zero attached hydrogens (tertiary/aromatic N) is 1. The third-order valence-electron chi connectivity index (χ3n) is 5.27. The van der Waals surface area contributed by atoms with Crippen LogP contribution in [0.1, 0.15) is 34.3 Å². The first-order valence-electron chi connectivity index (χ1n) is 8.01. The zero-order valence-electron chi connectivity index (χ0n) is 12.3. The van der Waals surface area contributed by atoms with Gasteiger partial charge in [0.05, 0.1) is 13.2 Å². The van der Waals surface area contributed by atoms with Gasteiger partial charge in [-0.3, -0.25) is 4.79 Å². The van der Waals surface area contributed by atoms with Gasteiger partial charge in [0.1, 0.15) is 0 Å². The number of amides is 1. The number of nitrogens with one attached hydrogen (secondary N) is 1. The molecule has 0 spiro atoms. The first kappa shape index (κ1) is 13.3. The van der Waals surface area contributed by atoms with Crippen LogP contribution < -0.4 is 5.32 Å². The van der Waals surface area contributed by atoms with E-state index < -0.39 is 0 Å². The molecule has 112 valence electrons. The Morgan fingerprint density at radius 1 is 1.10 bits per heavy atom. The van der Waals surface area contributed by atoms with E-state index >= 15 is 0 Å². The summed E-state index contributed by atoms with van der Waals surface area (Å²) >= 11 is 0. The molecule has 2 atom stereocenters. The van der Waals surface area contributed by atoms with E-state index in [9.17, 15) is 4.79 Å². The molecule has 0 aliphatic carbocycles. The normalized spacial score (nSPS) is 28.1. The molecule has 1 amide bonds. The molecule has 0 aromatic heterocycles. The maximum absolute atomic E-state index is 12.7. The summed E-state index contributed by atoms with van der Waals surface area (Å²) in [7, 11) is 0. The second kappa shape index (κ2) is 5.43. The molecule has 0 saturated carbocycles. The molecule has 3 aliphatic heterocycles. The van der Waals surface area contributed by atoms with Crippen molar-refractivity contribution in [3.63, 3.8) is 0 Å². The number of benzene rings is 1. The fourth-order valence-electron chi connectivity index (χ4n) is 3.91. The molecule has 0 unspecified atom stereocenters. The Kier molecular flexibility index (Phi) is 3.43. The smallest absolute Gasteiger partial charge is 0.253 e. The van der Waals surface area contributed by atoms with Crippen molar-refractivity contribution >= 4 is 5.91 Å². The average molecular weight is 286 g/mol. The van der Waals surface area contributed by atoms with E-state index in [2.05, 4.69) is 10.2 Å². The fourth-order valence-corrected chi connectivity index (χ4v) is 3.91.